The van der Waals surface area contributed by atoms with Gasteiger partial charge >= 0.3 is 0 Å². The van der Waals surface area contributed by atoms with E-state index in [1.54, 1.807) is 6.07 Å². The van der Waals surface area contributed by atoms with Gasteiger partial charge in [0.15, 0.2) is 0 Å². The Bertz CT molecular complexity index is 472. The van der Waals surface area contributed by atoms with Crippen LogP contribution in [0.2, 0.25) is 0 Å². The van der Waals surface area contributed by atoms with Gasteiger partial charge in [-0.25, -0.2) is 4.39 Å². The molecule has 22 heavy (non-hydrogen) atoms. The molecule has 0 radical (unpaired) electrons. The molecule has 0 saturated carbocycles. The van der Waals surface area contributed by atoms with Crippen molar-refractivity contribution in [1.82, 2.24) is 5.32 Å². The summed E-state index contributed by atoms with van der Waals surface area (Å²) in [6.45, 7) is 5.64. The van der Waals surface area contributed by atoms with Gasteiger partial charge in [0, 0.05) is 30.9 Å². The third-order valence-corrected chi connectivity index (χ3v) is 4.46. The van der Waals surface area contributed by atoms with Crippen LogP contribution in [0.1, 0.15) is 44.7 Å². The molecule has 0 bridgehead atoms. The average Bonchev–Trinajstić information content (AvgIpc) is 2.53. The molecule has 1 heterocycles. The van der Waals surface area contributed by atoms with Gasteiger partial charge < -0.3 is 20.4 Å². The van der Waals surface area contributed by atoms with Crippen LogP contribution in [0, 0.1) is 5.82 Å². The van der Waals surface area contributed by atoms with E-state index in [0.717, 1.165) is 43.6 Å². The number of nitrogens with zero attached hydrogens (tertiary/aromatic N) is 1. The van der Waals surface area contributed by atoms with Crippen LogP contribution < -0.4 is 10.2 Å². The van der Waals surface area contributed by atoms with E-state index < -0.39 is 0 Å². The number of halogens is 1. The highest BCUT2D eigenvalue weighted by atomic mass is 19.1. The molecule has 0 aliphatic carbocycles. The first-order chi connectivity index (χ1) is 10.5. The number of piperidine rings is 1. The highest BCUT2D eigenvalue weighted by Gasteiger charge is 2.22. The summed E-state index contributed by atoms with van der Waals surface area (Å²) in [5.41, 5.74) is 1.92. The minimum atomic E-state index is -0.249. The zero-order chi connectivity index (χ0) is 16.1. The Hall–Kier alpha value is -1.17. The Balaban J connectivity index is 2.20. The SMILES string of the molecule is CCC(CO)NC(C)c1cc(F)ccc1N1CCC(O)CC1. The third kappa shape index (κ3) is 4.18. The smallest absolute Gasteiger partial charge is 0.123 e. The van der Waals surface area contributed by atoms with Crippen molar-refractivity contribution in [1.29, 1.82) is 0 Å². The van der Waals surface area contributed by atoms with Crippen molar-refractivity contribution in [2.45, 2.75) is 51.3 Å². The zero-order valence-corrected chi connectivity index (χ0v) is 13.4. The fourth-order valence-electron chi connectivity index (χ4n) is 3.01. The molecule has 4 nitrogen and oxygen atoms in total. The van der Waals surface area contributed by atoms with Gasteiger partial charge in [0.2, 0.25) is 0 Å². The van der Waals surface area contributed by atoms with Crippen LogP contribution in [0.4, 0.5) is 10.1 Å². The predicted octanol–water partition coefficient (Wildman–Crippen LogP) is 2.21. The maximum Gasteiger partial charge on any atom is 0.123 e. The molecule has 124 valence electrons. The zero-order valence-electron chi connectivity index (χ0n) is 13.4. The average molecular weight is 310 g/mol. The van der Waals surface area contributed by atoms with Crippen LogP contribution in [0.5, 0.6) is 0 Å². The maximum absolute atomic E-state index is 13.7. The number of hydrogen-bond acceptors (Lipinski definition) is 4. The van der Waals surface area contributed by atoms with Gasteiger partial charge in [0.05, 0.1) is 12.7 Å². The second-order valence-electron chi connectivity index (χ2n) is 6.10. The van der Waals surface area contributed by atoms with Crippen molar-refractivity contribution in [3.05, 3.63) is 29.6 Å². The van der Waals surface area contributed by atoms with Gasteiger partial charge in [-0.15, -0.1) is 0 Å². The van der Waals surface area contributed by atoms with Crippen LogP contribution in [-0.2, 0) is 0 Å². The van der Waals surface area contributed by atoms with Crippen LogP contribution in [0.25, 0.3) is 0 Å². The summed E-state index contributed by atoms with van der Waals surface area (Å²) in [6, 6.07) is 4.84. The molecule has 1 aliphatic rings. The molecular formula is C17H27FN2O2. The van der Waals surface area contributed by atoms with Crippen molar-refractivity contribution in [3.8, 4) is 0 Å². The molecule has 3 N–H and O–H groups in total. The lowest BCUT2D eigenvalue weighted by atomic mass is 10.0. The molecule has 5 heteroatoms. The Labute approximate surface area is 132 Å². The first-order valence-electron chi connectivity index (χ1n) is 8.14. The molecule has 1 saturated heterocycles. The fourth-order valence-corrected chi connectivity index (χ4v) is 3.01. The summed E-state index contributed by atoms with van der Waals surface area (Å²) < 4.78 is 13.7. The van der Waals surface area contributed by atoms with E-state index in [4.69, 9.17) is 0 Å². The minimum Gasteiger partial charge on any atom is -0.395 e. The molecule has 2 unspecified atom stereocenters. The molecule has 1 aliphatic heterocycles. The lowest BCUT2D eigenvalue weighted by Gasteiger charge is -2.34. The third-order valence-electron chi connectivity index (χ3n) is 4.46. The molecule has 1 aromatic carbocycles. The van der Waals surface area contributed by atoms with Crippen LogP contribution in [0.15, 0.2) is 18.2 Å². The van der Waals surface area contributed by atoms with Gasteiger partial charge in [-0.05, 0) is 49.9 Å². The van der Waals surface area contributed by atoms with Crippen molar-refractivity contribution >= 4 is 5.69 Å². The van der Waals surface area contributed by atoms with Crippen LogP contribution in [0.3, 0.4) is 0 Å². The Kier molecular flexibility index (Phi) is 6.17. The summed E-state index contributed by atoms with van der Waals surface area (Å²) in [4.78, 5) is 2.21. The molecule has 2 atom stereocenters. The molecule has 0 aromatic heterocycles. The molecule has 2 rings (SSSR count). The molecule has 1 fully saturated rings. The second kappa shape index (κ2) is 7.90. The number of aliphatic hydroxyl groups is 2. The van der Waals surface area contributed by atoms with E-state index in [2.05, 4.69) is 10.2 Å². The molecule has 0 spiro atoms. The summed E-state index contributed by atoms with van der Waals surface area (Å²) in [6.07, 6.45) is 2.08. The first-order valence-corrected chi connectivity index (χ1v) is 8.14. The van der Waals surface area contributed by atoms with Gasteiger partial charge in [-0.1, -0.05) is 6.92 Å². The van der Waals surface area contributed by atoms with Crippen LogP contribution >= 0.6 is 0 Å². The highest BCUT2D eigenvalue weighted by Crippen LogP contribution is 2.30. The van der Waals surface area contributed by atoms with E-state index in [1.807, 2.05) is 19.9 Å². The largest absolute Gasteiger partial charge is 0.395 e. The monoisotopic (exact) mass is 310 g/mol. The van der Waals surface area contributed by atoms with E-state index >= 15 is 0 Å². The first kappa shape index (κ1) is 17.2. The summed E-state index contributed by atoms with van der Waals surface area (Å²) >= 11 is 0. The number of anilines is 1. The predicted molar refractivity (Wildman–Crippen MR) is 86.6 cm³/mol. The lowest BCUT2D eigenvalue weighted by molar-refractivity contribution is 0.145. The lowest BCUT2D eigenvalue weighted by Crippen LogP contribution is -2.38. The fraction of sp³-hybridized carbons (Fsp3) is 0.647. The number of rotatable bonds is 6. The van der Waals surface area contributed by atoms with E-state index in [0.29, 0.717) is 0 Å². The van der Waals surface area contributed by atoms with Gasteiger partial charge in [-0.3, -0.25) is 0 Å². The molecule has 1 aromatic rings. The Morgan fingerprint density at radius 2 is 2.05 bits per heavy atom. The standard InChI is InChI=1S/C17H27FN2O2/c1-3-14(11-21)19-12(2)16-10-13(18)4-5-17(16)20-8-6-15(22)7-9-20/h4-5,10,12,14-15,19,21-22H,3,6-9,11H2,1-2H3. The minimum absolute atomic E-state index is 0.00861. The number of aliphatic hydroxyl groups excluding tert-OH is 2. The van der Waals surface area contributed by atoms with Crippen molar-refractivity contribution in [2.24, 2.45) is 0 Å². The summed E-state index contributed by atoms with van der Waals surface area (Å²) in [5, 5.41) is 22.4. The van der Waals surface area contributed by atoms with Gasteiger partial charge in [-0.2, -0.15) is 0 Å². The quantitative estimate of drug-likeness (QED) is 0.754. The number of nitrogens with one attached hydrogen (secondary N) is 1. The second-order valence-corrected chi connectivity index (χ2v) is 6.10. The maximum atomic E-state index is 13.7. The summed E-state index contributed by atoms with van der Waals surface area (Å²) in [7, 11) is 0. The van der Waals surface area contributed by atoms with Crippen LogP contribution in [-0.4, -0.2) is 42.1 Å². The van der Waals surface area contributed by atoms with Crippen molar-refractivity contribution in [3.63, 3.8) is 0 Å². The van der Waals surface area contributed by atoms with Crippen molar-refractivity contribution in [2.75, 3.05) is 24.6 Å². The van der Waals surface area contributed by atoms with Crippen molar-refractivity contribution < 1.29 is 14.6 Å². The van der Waals surface area contributed by atoms with E-state index in [9.17, 15) is 14.6 Å². The Morgan fingerprint density at radius 1 is 1.36 bits per heavy atom. The molecular weight excluding hydrogens is 283 g/mol. The van der Waals surface area contributed by atoms with E-state index in [1.165, 1.54) is 6.07 Å². The van der Waals surface area contributed by atoms with Gasteiger partial charge in [0.1, 0.15) is 5.82 Å². The van der Waals surface area contributed by atoms with Gasteiger partial charge in [0.25, 0.3) is 0 Å². The number of hydrogen-bond donors (Lipinski definition) is 3. The topological polar surface area (TPSA) is 55.7 Å². The molecule has 0 amide bonds. The van der Waals surface area contributed by atoms with E-state index in [-0.39, 0.29) is 30.6 Å². The number of benzene rings is 1. The summed E-state index contributed by atoms with van der Waals surface area (Å²) in [5.74, 6) is -0.249. The normalized spacial score (nSPS) is 19.2. The highest BCUT2D eigenvalue weighted by molar-refractivity contribution is 5.55. The Morgan fingerprint density at radius 3 is 2.64 bits per heavy atom.